The van der Waals surface area contributed by atoms with Crippen molar-refractivity contribution in [1.82, 2.24) is 4.98 Å². The van der Waals surface area contributed by atoms with Gasteiger partial charge in [-0.1, -0.05) is 11.6 Å². The first-order valence-corrected chi connectivity index (χ1v) is 5.00. The summed E-state index contributed by atoms with van der Waals surface area (Å²) < 4.78 is 0.971. The van der Waals surface area contributed by atoms with Gasteiger partial charge in [0.15, 0.2) is 0 Å². The summed E-state index contributed by atoms with van der Waals surface area (Å²) in [6.07, 6.45) is 4.23. The number of hydrogen-bond acceptors (Lipinski definition) is 2. The number of aromatic nitrogens is 1. The Morgan fingerprint density at radius 2 is 2.33 bits per heavy atom. The van der Waals surface area contributed by atoms with E-state index >= 15 is 0 Å². The fourth-order valence-corrected chi connectivity index (χ4v) is 1.46. The minimum atomic E-state index is 0.529. The van der Waals surface area contributed by atoms with E-state index in [9.17, 15) is 0 Å². The molecule has 0 atom stereocenters. The van der Waals surface area contributed by atoms with Gasteiger partial charge in [0.1, 0.15) is 5.15 Å². The molecule has 1 heterocycles. The lowest BCUT2D eigenvalue weighted by atomic mass is 10.4. The molecular weight excluding hydrogens is 239 g/mol. The van der Waals surface area contributed by atoms with Crippen LogP contribution in [0.5, 0.6) is 0 Å². The van der Waals surface area contributed by atoms with Crippen molar-refractivity contribution in [1.29, 1.82) is 0 Å². The topological polar surface area (TPSA) is 24.9 Å². The summed E-state index contributed by atoms with van der Waals surface area (Å²) in [5, 5.41) is 3.88. The van der Waals surface area contributed by atoms with Gasteiger partial charge in [0.05, 0.1) is 10.2 Å². The Hall–Kier alpha value is -0.280. The molecule has 0 amide bonds. The summed E-state index contributed by atoms with van der Waals surface area (Å²) in [7, 11) is 0. The van der Waals surface area contributed by atoms with Crippen molar-refractivity contribution in [2.75, 3.05) is 5.32 Å². The molecule has 2 nitrogen and oxygen atoms in total. The van der Waals surface area contributed by atoms with Gasteiger partial charge in [-0.2, -0.15) is 0 Å². The molecule has 0 aromatic carbocycles. The van der Waals surface area contributed by atoms with Crippen LogP contribution in [0, 0.1) is 0 Å². The van der Waals surface area contributed by atoms with Gasteiger partial charge in [0, 0.05) is 12.2 Å². The molecule has 1 aromatic heterocycles. The van der Waals surface area contributed by atoms with E-state index in [0.717, 1.165) is 10.2 Å². The molecular formula is C8H8BrClN2. The molecule has 0 unspecified atom stereocenters. The van der Waals surface area contributed by atoms with Crippen LogP contribution in [-0.2, 0) is 0 Å². The van der Waals surface area contributed by atoms with Crippen molar-refractivity contribution < 1.29 is 0 Å². The maximum Gasteiger partial charge on any atom is 0.131 e. The molecule has 1 aliphatic carbocycles. The third-order valence-electron chi connectivity index (χ3n) is 1.76. The zero-order valence-electron chi connectivity index (χ0n) is 6.35. The summed E-state index contributed by atoms with van der Waals surface area (Å²) in [5.74, 6) is 0. The predicted molar refractivity (Wildman–Crippen MR) is 53.6 cm³/mol. The van der Waals surface area contributed by atoms with Crippen molar-refractivity contribution in [2.24, 2.45) is 0 Å². The molecule has 0 bridgehead atoms. The fraction of sp³-hybridized carbons (Fsp3) is 0.375. The monoisotopic (exact) mass is 246 g/mol. The van der Waals surface area contributed by atoms with E-state index < -0.39 is 0 Å². The van der Waals surface area contributed by atoms with E-state index in [1.54, 1.807) is 6.20 Å². The first-order valence-electron chi connectivity index (χ1n) is 3.83. The normalized spacial score (nSPS) is 16.2. The van der Waals surface area contributed by atoms with Gasteiger partial charge in [0.25, 0.3) is 0 Å². The lowest BCUT2D eigenvalue weighted by Gasteiger charge is -2.06. The largest absolute Gasteiger partial charge is 0.381 e. The highest BCUT2D eigenvalue weighted by molar-refractivity contribution is 9.10. The van der Waals surface area contributed by atoms with Gasteiger partial charge in [-0.3, -0.25) is 0 Å². The third-order valence-corrected chi connectivity index (χ3v) is 2.60. The van der Waals surface area contributed by atoms with Gasteiger partial charge in [-0.25, -0.2) is 4.98 Å². The number of hydrogen-bond donors (Lipinski definition) is 1. The molecule has 12 heavy (non-hydrogen) atoms. The number of anilines is 1. The van der Waals surface area contributed by atoms with Gasteiger partial charge < -0.3 is 5.32 Å². The second kappa shape index (κ2) is 3.23. The van der Waals surface area contributed by atoms with Crippen LogP contribution in [0.2, 0.25) is 5.15 Å². The summed E-state index contributed by atoms with van der Waals surface area (Å²) >= 11 is 9.15. The van der Waals surface area contributed by atoms with Crippen molar-refractivity contribution in [3.63, 3.8) is 0 Å². The van der Waals surface area contributed by atoms with Crippen molar-refractivity contribution in [2.45, 2.75) is 18.9 Å². The van der Waals surface area contributed by atoms with Crippen LogP contribution in [0.1, 0.15) is 12.8 Å². The number of rotatable bonds is 2. The van der Waals surface area contributed by atoms with E-state index in [4.69, 9.17) is 11.6 Å². The molecule has 1 N–H and O–H groups in total. The van der Waals surface area contributed by atoms with Crippen LogP contribution in [-0.4, -0.2) is 11.0 Å². The number of pyridine rings is 1. The standard InChI is InChI=1S/C8H8BrClN2/c9-6-4-11-8(10)3-7(6)12-5-1-2-5/h3-5H,1-2H2,(H,11,12). The minimum Gasteiger partial charge on any atom is -0.381 e. The Kier molecular flexibility index (Phi) is 2.24. The van der Waals surface area contributed by atoms with Crippen molar-refractivity contribution in [3.05, 3.63) is 21.9 Å². The predicted octanol–water partition coefficient (Wildman–Crippen LogP) is 3.07. The highest BCUT2D eigenvalue weighted by Crippen LogP contribution is 2.30. The van der Waals surface area contributed by atoms with Crippen molar-refractivity contribution >= 4 is 33.2 Å². The molecule has 0 saturated heterocycles. The molecule has 1 fully saturated rings. The first kappa shape index (κ1) is 8.32. The Bertz CT molecular complexity index is 299. The van der Waals surface area contributed by atoms with Crippen molar-refractivity contribution in [3.8, 4) is 0 Å². The lowest BCUT2D eigenvalue weighted by Crippen LogP contribution is -2.01. The van der Waals surface area contributed by atoms with Crippen LogP contribution >= 0.6 is 27.5 Å². The van der Waals surface area contributed by atoms with Gasteiger partial charge in [-0.15, -0.1) is 0 Å². The Morgan fingerprint density at radius 1 is 1.58 bits per heavy atom. The molecule has 1 saturated carbocycles. The summed E-state index contributed by atoms with van der Waals surface area (Å²) in [5.41, 5.74) is 1.04. The Balaban J connectivity index is 2.21. The van der Waals surface area contributed by atoms with E-state index in [1.165, 1.54) is 12.8 Å². The van der Waals surface area contributed by atoms with E-state index in [0.29, 0.717) is 11.2 Å². The number of nitrogens with one attached hydrogen (secondary N) is 1. The average Bonchev–Trinajstić information content (AvgIpc) is 2.81. The maximum atomic E-state index is 5.75. The van der Waals surface area contributed by atoms with Crippen LogP contribution in [0.15, 0.2) is 16.7 Å². The molecule has 0 aliphatic heterocycles. The quantitative estimate of drug-likeness (QED) is 0.813. The molecule has 1 aliphatic rings. The van der Waals surface area contributed by atoms with Crippen LogP contribution in [0.25, 0.3) is 0 Å². The first-order chi connectivity index (χ1) is 5.75. The van der Waals surface area contributed by atoms with E-state index in [2.05, 4.69) is 26.2 Å². The second-order valence-corrected chi connectivity index (χ2v) is 4.15. The van der Waals surface area contributed by atoms with Crippen LogP contribution in [0.3, 0.4) is 0 Å². The van der Waals surface area contributed by atoms with Crippen LogP contribution < -0.4 is 5.32 Å². The highest BCUT2D eigenvalue weighted by atomic mass is 79.9. The molecule has 0 radical (unpaired) electrons. The smallest absolute Gasteiger partial charge is 0.131 e. The number of nitrogens with zero attached hydrogens (tertiary/aromatic N) is 1. The zero-order valence-corrected chi connectivity index (χ0v) is 8.69. The van der Waals surface area contributed by atoms with E-state index in [1.807, 2.05) is 6.07 Å². The number of halogens is 2. The van der Waals surface area contributed by atoms with Gasteiger partial charge in [0.2, 0.25) is 0 Å². The molecule has 64 valence electrons. The SMILES string of the molecule is Clc1cc(NC2CC2)c(Br)cn1. The molecule has 1 aromatic rings. The van der Waals surface area contributed by atoms with Gasteiger partial charge >= 0.3 is 0 Å². The molecule has 0 spiro atoms. The third kappa shape index (κ3) is 1.90. The Morgan fingerprint density at radius 3 is 3.00 bits per heavy atom. The van der Waals surface area contributed by atoms with Crippen LogP contribution in [0.4, 0.5) is 5.69 Å². The maximum absolute atomic E-state index is 5.75. The molecule has 2 rings (SSSR count). The summed E-state index contributed by atoms with van der Waals surface area (Å²) in [6, 6.07) is 2.48. The summed E-state index contributed by atoms with van der Waals surface area (Å²) in [6.45, 7) is 0. The summed E-state index contributed by atoms with van der Waals surface area (Å²) in [4.78, 5) is 3.95. The zero-order chi connectivity index (χ0) is 8.55. The highest BCUT2D eigenvalue weighted by Gasteiger charge is 2.21. The average molecular weight is 248 g/mol. The van der Waals surface area contributed by atoms with Gasteiger partial charge in [-0.05, 0) is 34.8 Å². The van der Waals surface area contributed by atoms with E-state index in [-0.39, 0.29) is 0 Å². The second-order valence-electron chi connectivity index (χ2n) is 2.91. The molecule has 4 heteroatoms. The fourth-order valence-electron chi connectivity index (χ4n) is 0.971. The Labute approximate surface area is 84.5 Å². The minimum absolute atomic E-state index is 0.529. The lowest BCUT2D eigenvalue weighted by molar-refractivity contribution is 1.14.